The van der Waals surface area contributed by atoms with Crippen molar-refractivity contribution < 1.29 is 5.11 Å². The van der Waals surface area contributed by atoms with Gasteiger partial charge < -0.3 is 5.11 Å². The van der Waals surface area contributed by atoms with Crippen LogP contribution >= 0.6 is 15.9 Å². The standard InChI is InChI=1S/C9H19BrO/c1-5-7(10)6-8(11)9(2,3)4/h7-8,11H,5-6H2,1-4H3. The molecule has 0 aliphatic carbocycles. The van der Waals surface area contributed by atoms with E-state index in [0.717, 1.165) is 12.8 Å². The highest BCUT2D eigenvalue weighted by molar-refractivity contribution is 9.09. The molecule has 0 aliphatic rings. The summed E-state index contributed by atoms with van der Waals surface area (Å²) >= 11 is 3.51. The second-order valence-electron chi connectivity index (χ2n) is 4.12. The van der Waals surface area contributed by atoms with Gasteiger partial charge in [-0.15, -0.1) is 0 Å². The zero-order valence-electron chi connectivity index (χ0n) is 7.89. The number of alkyl halides is 1. The van der Waals surface area contributed by atoms with Gasteiger partial charge in [0.25, 0.3) is 0 Å². The number of aliphatic hydroxyl groups is 1. The van der Waals surface area contributed by atoms with Crippen LogP contribution < -0.4 is 0 Å². The fourth-order valence-corrected chi connectivity index (χ4v) is 1.12. The normalized spacial score (nSPS) is 18.0. The summed E-state index contributed by atoms with van der Waals surface area (Å²) in [4.78, 5) is 0.455. The third kappa shape index (κ3) is 4.81. The Morgan fingerprint density at radius 3 is 2.09 bits per heavy atom. The molecule has 1 N–H and O–H groups in total. The Balaban J connectivity index is 3.77. The largest absolute Gasteiger partial charge is 0.393 e. The van der Waals surface area contributed by atoms with Gasteiger partial charge in [0, 0.05) is 4.83 Å². The van der Waals surface area contributed by atoms with Crippen LogP contribution in [0.1, 0.15) is 40.5 Å². The molecule has 0 aromatic carbocycles. The van der Waals surface area contributed by atoms with Crippen LogP contribution in [0.4, 0.5) is 0 Å². The summed E-state index contributed by atoms with van der Waals surface area (Å²) < 4.78 is 0. The number of hydrogen-bond acceptors (Lipinski definition) is 1. The molecule has 0 amide bonds. The van der Waals surface area contributed by atoms with E-state index in [1.807, 2.05) is 0 Å². The minimum Gasteiger partial charge on any atom is -0.393 e. The summed E-state index contributed by atoms with van der Waals surface area (Å²) in [5, 5.41) is 9.66. The van der Waals surface area contributed by atoms with E-state index in [0.29, 0.717) is 4.83 Å². The zero-order valence-corrected chi connectivity index (χ0v) is 9.48. The summed E-state index contributed by atoms with van der Waals surface area (Å²) in [5.74, 6) is 0. The lowest BCUT2D eigenvalue weighted by molar-refractivity contribution is 0.0556. The molecule has 2 unspecified atom stereocenters. The molecule has 68 valence electrons. The van der Waals surface area contributed by atoms with Crippen molar-refractivity contribution in [1.29, 1.82) is 0 Å². The Morgan fingerprint density at radius 2 is 1.82 bits per heavy atom. The second kappa shape index (κ2) is 4.46. The smallest absolute Gasteiger partial charge is 0.0599 e. The first-order chi connectivity index (χ1) is 4.88. The Morgan fingerprint density at radius 1 is 1.36 bits per heavy atom. The average molecular weight is 223 g/mol. The third-order valence-electron chi connectivity index (χ3n) is 1.92. The lowest BCUT2D eigenvalue weighted by Crippen LogP contribution is -2.28. The Bertz CT molecular complexity index is 107. The molecule has 0 aromatic rings. The molecule has 2 atom stereocenters. The van der Waals surface area contributed by atoms with Crippen LogP contribution in [-0.2, 0) is 0 Å². The molecule has 0 rings (SSSR count). The lowest BCUT2D eigenvalue weighted by atomic mass is 9.86. The molecule has 0 bridgehead atoms. The van der Waals surface area contributed by atoms with E-state index in [1.165, 1.54) is 0 Å². The SMILES string of the molecule is CCC(Br)CC(O)C(C)(C)C. The van der Waals surface area contributed by atoms with E-state index in [-0.39, 0.29) is 11.5 Å². The summed E-state index contributed by atoms with van der Waals surface area (Å²) in [7, 11) is 0. The van der Waals surface area contributed by atoms with Gasteiger partial charge in [-0.05, 0) is 18.3 Å². The van der Waals surface area contributed by atoms with Crippen molar-refractivity contribution in [2.45, 2.75) is 51.5 Å². The number of aliphatic hydroxyl groups excluding tert-OH is 1. The van der Waals surface area contributed by atoms with Crippen LogP contribution in [0.15, 0.2) is 0 Å². The van der Waals surface area contributed by atoms with E-state index in [4.69, 9.17) is 0 Å². The van der Waals surface area contributed by atoms with E-state index in [2.05, 4.69) is 43.6 Å². The van der Waals surface area contributed by atoms with E-state index >= 15 is 0 Å². The molecular weight excluding hydrogens is 204 g/mol. The third-order valence-corrected chi connectivity index (χ3v) is 2.94. The number of hydrogen-bond donors (Lipinski definition) is 1. The van der Waals surface area contributed by atoms with Gasteiger partial charge in [0.2, 0.25) is 0 Å². The Labute approximate surface area is 78.3 Å². The fourth-order valence-electron chi connectivity index (χ4n) is 0.762. The van der Waals surface area contributed by atoms with Crippen molar-refractivity contribution in [2.75, 3.05) is 0 Å². The molecule has 1 nitrogen and oxygen atoms in total. The van der Waals surface area contributed by atoms with Crippen LogP contribution in [0.2, 0.25) is 0 Å². The minimum absolute atomic E-state index is 0.0151. The quantitative estimate of drug-likeness (QED) is 0.729. The van der Waals surface area contributed by atoms with Crippen molar-refractivity contribution in [3.8, 4) is 0 Å². The maximum absolute atomic E-state index is 9.66. The van der Waals surface area contributed by atoms with Gasteiger partial charge in [0.1, 0.15) is 0 Å². The first-order valence-electron chi connectivity index (χ1n) is 4.20. The maximum Gasteiger partial charge on any atom is 0.0599 e. The molecule has 0 aliphatic heterocycles. The van der Waals surface area contributed by atoms with Crippen LogP contribution in [-0.4, -0.2) is 16.0 Å². The molecule has 0 heterocycles. The van der Waals surface area contributed by atoms with Crippen LogP contribution in [0.5, 0.6) is 0 Å². The fraction of sp³-hybridized carbons (Fsp3) is 1.00. The van der Waals surface area contributed by atoms with Crippen molar-refractivity contribution in [3.63, 3.8) is 0 Å². The van der Waals surface area contributed by atoms with Gasteiger partial charge in [-0.3, -0.25) is 0 Å². The molecule has 0 aromatic heterocycles. The molecule has 11 heavy (non-hydrogen) atoms. The van der Waals surface area contributed by atoms with Gasteiger partial charge in [-0.25, -0.2) is 0 Å². The minimum atomic E-state index is -0.202. The Hall–Kier alpha value is 0.440. The van der Waals surface area contributed by atoms with Gasteiger partial charge >= 0.3 is 0 Å². The predicted molar refractivity (Wildman–Crippen MR) is 53.1 cm³/mol. The van der Waals surface area contributed by atoms with Crippen LogP contribution in [0, 0.1) is 5.41 Å². The monoisotopic (exact) mass is 222 g/mol. The maximum atomic E-state index is 9.66. The zero-order chi connectivity index (χ0) is 9.07. The molecule has 0 spiro atoms. The number of rotatable bonds is 3. The lowest BCUT2D eigenvalue weighted by Gasteiger charge is -2.27. The summed E-state index contributed by atoms with van der Waals surface area (Å²) in [6, 6.07) is 0. The van der Waals surface area contributed by atoms with E-state index < -0.39 is 0 Å². The van der Waals surface area contributed by atoms with Gasteiger partial charge in [-0.1, -0.05) is 43.6 Å². The highest BCUT2D eigenvalue weighted by Crippen LogP contribution is 2.25. The van der Waals surface area contributed by atoms with Crippen molar-refractivity contribution in [3.05, 3.63) is 0 Å². The van der Waals surface area contributed by atoms with Gasteiger partial charge in [0.05, 0.1) is 6.10 Å². The summed E-state index contributed by atoms with van der Waals surface area (Å²) in [6.07, 6.45) is 1.72. The molecule has 0 fully saturated rings. The first-order valence-corrected chi connectivity index (χ1v) is 5.11. The summed E-state index contributed by atoms with van der Waals surface area (Å²) in [5.41, 5.74) is 0.0151. The summed E-state index contributed by atoms with van der Waals surface area (Å²) in [6.45, 7) is 8.31. The highest BCUT2D eigenvalue weighted by Gasteiger charge is 2.23. The molecular formula is C9H19BrO. The predicted octanol–water partition coefficient (Wildman–Crippen LogP) is 2.96. The Kier molecular flexibility index (Phi) is 4.64. The van der Waals surface area contributed by atoms with Crippen LogP contribution in [0.25, 0.3) is 0 Å². The van der Waals surface area contributed by atoms with Crippen molar-refractivity contribution in [2.24, 2.45) is 5.41 Å². The highest BCUT2D eigenvalue weighted by atomic mass is 79.9. The van der Waals surface area contributed by atoms with Crippen molar-refractivity contribution in [1.82, 2.24) is 0 Å². The van der Waals surface area contributed by atoms with E-state index in [1.54, 1.807) is 0 Å². The van der Waals surface area contributed by atoms with Crippen molar-refractivity contribution >= 4 is 15.9 Å². The molecule has 0 saturated carbocycles. The average Bonchev–Trinajstić information content (AvgIpc) is 1.85. The molecule has 2 heteroatoms. The van der Waals surface area contributed by atoms with E-state index in [9.17, 15) is 5.11 Å². The van der Waals surface area contributed by atoms with Crippen LogP contribution in [0.3, 0.4) is 0 Å². The number of halogens is 1. The van der Waals surface area contributed by atoms with Gasteiger partial charge in [0.15, 0.2) is 0 Å². The first kappa shape index (κ1) is 11.4. The molecule has 0 saturated heterocycles. The topological polar surface area (TPSA) is 20.2 Å². The van der Waals surface area contributed by atoms with Gasteiger partial charge in [-0.2, -0.15) is 0 Å². The molecule has 0 radical (unpaired) electrons. The second-order valence-corrected chi connectivity index (χ2v) is 5.42.